The van der Waals surface area contributed by atoms with E-state index in [1.54, 1.807) is 0 Å². The first-order valence-electron chi connectivity index (χ1n) is 9.24. The lowest BCUT2D eigenvalue weighted by Crippen LogP contribution is -2.30. The van der Waals surface area contributed by atoms with E-state index < -0.39 is 5.41 Å². The van der Waals surface area contributed by atoms with Gasteiger partial charge in [-0.2, -0.15) is 0 Å². The molecule has 0 bridgehead atoms. The Morgan fingerprint density at radius 2 is 1.19 bits per heavy atom. The molecule has 0 spiro atoms. The molecule has 1 N–H and O–H groups in total. The van der Waals surface area contributed by atoms with Crippen molar-refractivity contribution in [3.8, 4) is 5.75 Å². The summed E-state index contributed by atoms with van der Waals surface area (Å²) in [6.07, 6.45) is 0. The molecular weight excluding hydrogens is 320 g/mol. The molecule has 0 unspecified atom stereocenters. The van der Waals surface area contributed by atoms with Crippen LogP contribution in [0.1, 0.15) is 82.4 Å². The van der Waals surface area contributed by atoms with Gasteiger partial charge in [-0.15, -0.1) is 0 Å². The average Bonchev–Trinajstić information content (AvgIpc) is 2.53. The van der Waals surface area contributed by atoms with Gasteiger partial charge in [0.25, 0.3) is 0 Å². The van der Waals surface area contributed by atoms with Crippen LogP contribution in [0.25, 0.3) is 0 Å². The lowest BCUT2D eigenvalue weighted by atomic mass is 9.74. The van der Waals surface area contributed by atoms with Gasteiger partial charge in [0.15, 0.2) is 5.78 Å². The van der Waals surface area contributed by atoms with Crippen LogP contribution in [0.15, 0.2) is 42.5 Å². The zero-order valence-corrected chi connectivity index (χ0v) is 17.4. The molecule has 2 heteroatoms. The van der Waals surface area contributed by atoms with Crippen molar-refractivity contribution in [2.75, 3.05) is 0 Å². The highest BCUT2D eigenvalue weighted by atomic mass is 16.3. The van der Waals surface area contributed by atoms with E-state index in [0.29, 0.717) is 11.3 Å². The molecule has 2 aromatic carbocycles. The van der Waals surface area contributed by atoms with Crippen molar-refractivity contribution in [3.63, 3.8) is 0 Å². The molecule has 0 heterocycles. The lowest BCUT2D eigenvalue weighted by Gasteiger charge is -2.30. The van der Waals surface area contributed by atoms with Crippen LogP contribution in [-0.2, 0) is 16.2 Å². The second-order valence-electron chi connectivity index (χ2n) is 9.74. The molecule has 2 aromatic rings. The van der Waals surface area contributed by atoms with Crippen LogP contribution in [-0.4, -0.2) is 10.9 Å². The smallest absolute Gasteiger partial charge is 0.172 e. The minimum atomic E-state index is -0.636. The third-order valence-corrected chi connectivity index (χ3v) is 5.05. The quantitative estimate of drug-likeness (QED) is 0.673. The molecular formula is C24H32O2. The van der Waals surface area contributed by atoms with Gasteiger partial charge in [-0.1, -0.05) is 71.9 Å². The number of phenolic OH excluding ortho intramolecular Hbond substituents is 1. The van der Waals surface area contributed by atoms with Crippen LogP contribution in [0.4, 0.5) is 0 Å². The van der Waals surface area contributed by atoms with Crippen LogP contribution in [0.3, 0.4) is 0 Å². The van der Waals surface area contributed by atoms with Gasteiger partial charge in [-0.25, -0.2) is 0 Å². The van der Waals surface area contributed by atoms with Crippen molar-refractivity contribution in [1.29, 1.82) is 0 Å². The Labute approximate surface area is 158 Å². The number of rotatable bonds is 3. The predicted molar refractivity (Wildman–Crippen MR) is 109 cm³/mol. The normalized spacial score (nSPS) is 12.9. The van der Waals surface area contributed by atoms with Gasteiger partial charge in [0, 0.05) is 16.7 Å². The summed E-state index contributed by atoms with van der Waals surface area (Å²) in [6, 6.07) is 13.6. The Kier molecular flexibility index (Phi) is 5.11. The van der Waals surface area contributed by atoms with E-state index in [1.807, 2.05) is 56.3 Å². The number of phenols is 1. The maximum atomic E-state index is 13.5. The third kappa shape index (κ3) is 3.85. The van der Waals surface area contributed by atoms with E-state index in [2.05, 4.69) is 41.5 Å². The topological polar surface area (TPSA) is 37.3 Å². The molecule has 0 radical (unpaired) electrons. The van der Waals surface area contributed by atoms with E-state index in [-0.39, 0.29) is 16.6 Å². The number of Topliss-reactive ketones (excluding diaryl/α,β-unsaturated/α-hetero) is 1. The summed E-state index contributed by atoms with van der Waals surface area (Å²) < 4.78 is 0. The highest BCUT2D eigenvalue weighted by molar-refractivity contribution is 6.04. The van der Waals surface area contributed by atoms with E-state index >= 15 is 0 Å². The maximum Gasteiger partial charge on any atom is 0.172 e. The summed E-state index contributed by atoms with van der Waals surface area (Å²) in [5.74, 6) is 0.374. The molecule has 0 saturated heterocycles. The molecule has 140 valence electrons. The molecule has 0 aliphatic rings. The van der Waals surface area contributed by atoms with Gasteiger partial charge in [0.1, 0.15) is 5.75 Å². The van der Waals surface area contributed by atoms with Crippen molar-refractivity contribution in [2.45, 2.75) is 71.6 Å². The molecule has 0 atom stereocenters. The fourth-order valence-corrected chi connectivity index (χ4v) is 3.26. The second kappa shape index (κ2) is 6.57. The molecule has 0 aliphatic heterocycles. The number of ketones is 1. The highest BCUT2D eigenvalue weighted by Gasteiger charge is 2.34. The van der Waals surface area contributed by atoms with Crippen molar-refractivity contribution in [3.05, 3.63) is 64.7 Å². The van der Waals surface area contributed by atoms with Gasteiger partial charge < -0.3 is 5.11 Å². The van der Waals surface area contributed by atoms with Crippen LogP contribution in [0.2, 0.25) is 0 Å². The third-order valence-electron chi connectivity index (χ3n) is 5.05. The lowest BCUT2D eigenvalue weighted by molar-refractivity contribution is 0.0908. The van der Waals surface area contributed by atoms with Gasteiger partial charge in [-0.05, 0) is 42.4 Å². The summed E-state index contributed by atoms with van der Waals surface area (Å²) in [4.78, 5) is 13.5. The SMILES string of the molecule is CC(C)(C)c1cc(C(=O)C(C)(C)c2ccccc2)cc(C(C)(C)C)c1O. The van der Waals surface area contributed by atoms with Crippen molar-refractivity contribution in [2.24, 2.45) is 0 Å². The van der Waals surface area contributed by atoms with Gasteiger partial charge in [-0.3, -0.25) is 4.79 Å². The molecule has 0 saturated carbocycles. The Hall–Kier alpha value is -2.09. The fraction of sp³-hybridized carbons (Fsp3) is 0.458. The standard InChI is InChI=1S/C24H32O2/c1-22(2,3)18-14-16(15-19(20(18)25)23(4,5)6)21(26)24(7,8)17-12-10-9-11-13-17/h9-15,25H,1-8H3. The number of carbonyl (C=O) groups excluding carboxylic acids is 1. The summed E-state index contributed by atoms with van der Waals surface area (Å²) in [5, 5.41) is 10.9. The molecule has 0 aliphatic carbocycles. The van der Waals surface area contributed by atoms with Crippen LogP contribution in [0.5, 0.6) is 5.75 Å². The minimum absolute atomic E-state index is 0.0692. The minimum Gasteiger partial charge on any atom is -0.507 e. The van der Waals surface area contributed by atoms with Crippen molar-refractivity contribution < 1.29 is 9.90 Å². The average molecular weight is 353 g/mol. The molecule has 2 nitrogen and oxygen atoms in total. The highest BCUT2D eigenvalue weighted by Crippen LogP contribution is 2.41. The zero-order valence-electron chi connectivity index (χ0n) is 17.4. The predicted octanol–water partition coefficient (Wildman–Crippen LogP) is 6.15. The summed E-state index contributed by atoms with van der Waals surface area (Å²) >= 11 is 0. The first-order chi connectivity index (χ1) is 11.8. The molecule has 0 fully saturated rings. The van der Waals surface area contributed by atoms with Crippen LogP contribution < -0.4 is 0 Å². The van der Waals surface area contributed by atoms with Gasteiger partial charge >= 0.3 is 0 Å². The van der Waals surface area contributed by atoms with E-state index in [4.69, 9.17) is 0 Å². The first-order valence-corrected chi connectivity index (χ1v) is 9.24. The Balaban J connectivity index is 2.68. The number of carbonyl (C=O) groups is 1. The summed E-state index contributed by atoms with van der Waals surface area (Å²) in [7, 11) is 0. The van der Waals surface area contributed by atoms with E-state index in [1.165, 1.54) is 0 Å². The number of aromatic hydroxyl groups is 1. The van der Waals surface area contributed by atoms with Crippen molar-refractivity contribution >= 4 is 5.78 Å². The van der Waals surface area contributed by atoms with Gasteiger partial charge in [0.05, 0.1) is 5.41 Å². The Bertz CT molecular complexity index is 765. The number of hydrogen-bond donors (Lipinski definition) is 1. The first kappa shape index (κ1) is 20.2. The molecule has 2 rings (SSSR count). The molecule has 26 heavy (non-hydrogen) atoms. The largest absolute Gasteiger partial charge is 0.507 e. The Morgan fingerprint density at radius 3 is 1.58 bits per heavy atom. The molecule has 0 aromatic heterocycles. The van der Waals surface area contributed by atoms with Crippen LogP contribution in [0, 0.1) is 0 Å². The summed E-state index contributed by atoms with van der Waals surface area (Å²) in [6.45, 7) is 16.3. The number of hydrogen-bond acceptors (Lipinski definition) is 2. The Morgan fingerprint density at radius 1 is 0.769 bits per heavy atom. The van der Waals surface area contributed by atoms with Crippen molar-refractivity contribution in [1.82, 2.24) is 0 Å². The summed E-state index contributed by atoms with van der Waals surface area (Å²) in [5.41, 5.74) is 2.14. The zero-order chi connectivity index (χ0) is 19.9. The van der Waals surface area contributed by atoms with E-state index in [0.717, 1.165) is 16.7 Å². The maximum absolute atomic E-state index is 13.5. The second-order valence-corrected chi connectivity index (χ2v) is 9.74. The fourth-order valence-electron chi connectivity index (χ4n) is 3.26. The van der Waals surface area contributed by atoms with Gasteiger partial charge in [0.2, 0.25) is 0 Å². The number of benzene rings is 2. The molecule has 0 amide bonds. The van der Waals surface area contributed by atoms with Crippen LogP contribution >= 0.6 is 0 Å². The van der Waals surface area contributed by atoms with E-state index in [9.17, 15) is 9.90 Å². The monoisotopic (exact) mass is 352 g/mol.